The number of carbonyl (C=O) groups excluding carboxylic acids is 1. The number of nitrogens with zero attached hydrogens (tertiary/aromatic N) is 4. The normalized spacial score (nSPS) is 14.3. The summed E-state index contributed by atoms with van der Waals surface area (Å²) in [6, 6.07) is 9.71. The second-order valence-electron chi connectivity index (χ2n) is 6.16. The van der Waals surface area contributed by atoms with Gasteiger partial charge >= 0.3 is 0 Å². The van der Waals surface area contributed by atoms with E-state index < -0.39 is 0 Å². The van der Waals surface area contributed by atoms with Crippen molar-refractivity contribution in [1.29, 1.82) is 0 Å². The minimum atomic E-state index is 0.186. The fraction of sp³-hybridized carbons (Fsp3) is 0.421. The van der Waals surface area contributed by atoms with Crippen molar-refractivity contribution in [2.24, 2.45) is 0 Å². The lowest BCUT2D eigenvalue weighted by Crippen LogP contribution is -2.49. The number of hydrogen-bond acceptors (Lipinski definition) is 6. The van der Waals surface area contributed by atoms with Crippen molar-refractivity contribution in [2.75, 3.05) is 44.7 Å². The maximum atomic E-state index is 12.4. The van der Waals surface area contributed by atoms with E-state index in [0.717, 1.165) is 30.4 Å². The van der Waals surface area contributed by atoms with Gasteiger partial charge in [0.15, 0.2) is 0 Å². The SMILES string of the molecule is COc1ccccc1CNCCC(=O)N1CCN(c2ncccn2)CC1. The van der Waals surface area contributed by atoms with Crippen LogP contribution >= 0.6 is 0 Å². The minimum Gasteiger partial charge on any atom is -0.496 e. The van der Waals surface area contributed by atoms with E-state index in [4.69, 9.17) is 4.74 Å². The molecule has 1 N–H and O–H groups in total. The standard InChI is InChI=1S/C19H25N5O2/c1-26-17-6-3-2-5-16(17)15-20-10-7-18(25)23-11-13-24(14-12-23)19-21-8-4-9-22-19/h2-6,8-9,20H,7,10-15H2,1H3. The molecule has 1 saturated heterocycles. The van der Waals surface area contributed by atoms with Crippen molar-refractivity contribution in [3.8, 4) is 5.75 Å². The highest BCUT2D eigenvalue weighted by atomic mass is 16.5. The van der Waals surface area contributed by atoms with E-state index in [-0.39, 0.29) is 5.91 Å². The van der Waals surface area contributed by atoms with Crippen molar-refractivity contribution < 1.29 is 9.53 Å². The number of aromatic nitrogens is 2. The molecule has 0 atom stereocenters. The number of carbonyl (C=O) groups is 1. The summed E-state index contributed by atoms with van der Waals surface area (Å²) in [6.45, 7) is 4.30. The van der Waals surface area contributed by atoms with Gasteiger partial charge in [0, 0.05) is 63.6 Å². The average molecular weight is 355 g/mol. The Kier molecular flexibility index (Phi) is 6.38. The second kappa shape index (κ2) is 9.15. The number of anilines is 1. The Labute approximate surface area is 154 Å². The average Bonchev–Trinajstić information content (AvgIpc) is 2.72. The van der Waals surface area contributed by atoms with Crippen LogP contribution in [0.25, 0.3) is 0 Å². The summed E-state index contributed by atoms with van der Waals surface area (Å²) in [6.07, 6.45) is 3.98. The Morgan fingerprint density at radius 2 is 1.85 bits per heavy atom. The van der Waals surface area contributed by atoms with Crippen LogP contribution in [-0.4, -0.2) is 60.6 Å². The van der Waals surface area contributed by atoms with E-state index in [1.807, 2.05) is 29.2 Å². The molecule has 0 saturated carbocycles. The predicted octanol–water partition coefficient (Wildman–Crippen LogP) is 1.31. The summed E-state index contributed by atoms with van der Waals surface area (Å²) in [7, 11) is 1.67. The van der Waals surface area contributed by atoms with E-state index in [0.29, 0.717) is 32.6 Å². The van der Waals surface area contributed by atoms with Crippen LogP contribution in [0.5, 0.6) is 5.75 Å². The summed E-state index contributed by atoms with van der Waals surface area (Å²) >= 11 is 0. The molecule has 3 rings (SSSR count). The first kappa shape index (κ1) is 18.1. The molecule has 138 valence electrons. The smallest absolute Gasteiger partial charge is 0.225 e. The molecule has 1 aliphatic rings. The molecule has 2 aromatic rings. The molecule has 0 spiro atoms. The van der Waals surface area contributed by atoms with Gasteiger partial charge < -0.3 is 19.9 Å². The van der Waals surface area contributed by atoms with Crippen LogP contribution < -0.4 is 15.0 Å². The highest BCUT2D eigenvalue weighted by Gasteiger charge is 2.21. The lowest BCUT2D eigenvalue weighted by atomic mass is 10.2. The predicted molar refractivity (Wildman–Crippen MR) is 100 cm³/mol. The summed E-state index contributed by atoms with van der Waals surface area (Å²) < 4.78 is 5.34. The third-order valence-corrected chi connectivity index (χ3v) is 4.49. The number of benzene rings is 1. The van der Waals surface area contributed by atoms with Crippen molar-refractivity contribution in [2.45, 2.75) is 13.0 Å². The summed E-state index contributed by atoms with van der Waals surface area (Å²) in [5, 5.41) is 3.32. The summed E-state index contributed by atoms with van der Waals surface area (Å²) in [4.78, 5) is 25.0. The zero-order valence-electron chi connectivity index (χ0n) is 15.1. The van der Waals surface area contributed by atoms with Crippen LogP contribution in [0.4, 0.5) is 5.95 Å². The molecule has 1 aromatic heterocycles. The Balaban J connectivity index is 1.38. The second-order valence-corrected chi connectivity index (χ2v) is 6.16. The summed E-state index contributed by atoms with van der Waals surface area (Å²) in [5.41, 5.74) is 1.10. The molecule has 2 heterocycles. The maximum Gasteiger partial charge on any atom is 0.225 e. The Morgan fingerprint density at radius 1 is 1.12 bits per heavy atom. The number of nitrogens with one attached hydrogen (secondary N) is 1. The van der Waals surface area contributed by atoms with Gasteiger partial charge in [0.1, 0.15) is 5.75 Å². The van der Waals surface area contributed by atoms with Crippen molar-refractivity contribution in [3.05, 3.63) is 48.3 Å². The van der Waals surface area contributed by atoms with Crippen molar-refractivity contribution in [3.63, 3.8) is 0 Å². The largest absolute Gasteiger partial charge is 0.496 e. The Morgan fingerprint density at radius 3 is 2.58 bits per heavy atom. The van der Waals surface area contributed by atoms with E-state index in [9.17, 15) is 4.79 Å². The highest BCUT2D eigenvalue weighted by Crippen LogP contribution is 2.16. The first-order valence-electron chi connectivity index (χ1n) is 8.90. The number of hydrogen-bond donors (Lipinski definition) is 1. The monoisotopic (exact) mass is 355 g/mol. The van der Waals surface area contributed by atoms with Gasteiger partial charge in [-0.3, -0.25) is 4.79 Å². The van der Waals surface area contributed by atoms with E-state index in [2.05, 4.69) is 20.2 Å². The van der Waals surface area contributed by atoms with Gasteiger partial charge in [-0.2, -0.15) is 0 Å². The topological polar surface area (TPSA) is 70.6 Å². The molecule has 0 bridgehead atoms. The first-order valence-corrected chi connectivity index (χ1v) is 8.90. The van der Waals surface area contributed by atoms with Crippen LogP contribution in [-0.2, 0) is 11.3 Å². The molecular weight excluding hydrogens is 330 g/mol. The van der Waals surface area contributed by atoms with Crippen molar-refractivity contribution in [1.82, 2.24) is 20.2 Å². The Bertz CT molecular complexity index is 702. The maximum absolute atomic E-state index is 12.4. The van der Waals surface area contributed by atoms with Crippen molar-refractivity contribution >= 4 is 11.9 Å². The number of piperazine rings is 1. The molecule has 1 aliphatic heterocycles. The van der Waals surface area contributed by atoms with Gasteiger partial charge in [-0.1, -0.05) is 18.2 Å². The molecule has 7 nitrogen and oxygen atoms in total. The molecule has 0 radical (unpaired) electrons. The molecule has 0 aliphatic carbocycles. The van der Waals surface area contributed by atoms with E-state index in [1.165, 1.54) is 0 Å². The highest BCUT2D eigenvalue weighted by molar-refractivity contribution is 5.76. The van der Waals surface area contributed by atoms with Gasteiger partial charge in [0.05, 0.1) is 7.11 Å². The fourth-order valence-corrected chi connectivity index (χ4v) is 3.04. The third kappa shape index (κ3) is 4.70. The molecular formula is C19H25N5O2. The zero-order chi connectivity index (χ0) is 18.2. The van der Waals surface area contributed by atoms with Crippen LogP contribution in [0.2, 0.25) is 0 Å². The quantitative estimate of drug-likeness (QED) is 0.756. The molecule has 0 unspecified atom stereocenters. The van der Waals surface area contributed by atoms with Gasteiger partial charge in [-0.25, -0.2) is 9.97 Å². The number of rotatable bonds is 7. The van der Waals surface area contributed by atoms with Crippen LogP contribution in [0.15, 0.2) is 42.7 Å². The van der Waals surface area contributed by atoms with E-state index in [1.54, 1.807) is 25.6 Å². The molecule has 26 heavy (non-hydrogen) atoms. The fourth-order valence-electron chi connectivity index (χ4n) is 3.04. The zero-order valence-corrected chi connectivity index (χ0v) is 15.1. The van der Waals surface area contributed by atoms with Crippen LogP contribution in [0, 0.1) is 0 Å². The number of ether oxygens (including phenoxy) is 1. The molecule has 1 fully saturated rings. The third-order valence-electron chi connectivity index (χ3n) is 4.49. The summed E-state index contributed by atoms with van der Waals surface area (Å²) in [5.74, 6) is 1.79. The van der Waals surface area contributed by atoms with Gasteiger partial charge in [0.25, 0.3) is 0 Å². The van der Waals surface area contributed by atoms with Gasteiger partial charge in [-0.15, -0.1) is 0 Å². The molecule has 7 heteroatoms. The number of methoxy groups -OCH3 is 1. The van der Waals surface area contributed by atoms with Gasteiger partial charge in [-0.05, 0) is 12.1 Å². The minimum absolute atomic E-state index is 0.186. The molecule has 1 amide bonds. The van der Waals surface area contributed by atoms with Gasteiger partial charge in [0.2, 0.25) is 11.9 Å². The van der Waals surface area contributed by atoms with Crippen LogP contribution in [0.1, 0.15) is 12.0 Å². The Hall–Kier alpha value is -2.67. The first-order chi connectivity index (χ1) is 12.8. The number of amides is 1. The van der Waals surface area contributed by atoms with E-state index >= 15 is 0 Å². The molecule has 1 aromatic carbocycles. The lowest BCUT2D eigenvalue weighted by molar-refractivity contribution is -0.131. The lowest BCUT2D eigenvalue weighted by Gasteiger charge is -2.34. The number of para-hydroxylation sites is 1. The van der Waals surface area contributed by atoms with Crippen LogP contribution in [0.3, 0.4) is 0 Å².